The highest BCUT2D eigenvalue weighted by Crippen LogP contribution is 2.27. The molecule has 1 amide bonds. The molecule has 0 saturated heterocycles. The van der Waals surface area contributed by atoms with Crippen LogP contribution in [-0.2, 0) is 14.3 Å². The lowest BCUT2D eigenvalue weighted by atomic mass is 9.83. The van der Waals surface area contributed by atoms with Gasteiger partial charge in [0.1, 0.15) is 10.8 Å². The summed E-state index contributed by atoms with van der Waals surface area (Å²) in [4.78, 5) is 23.1. The summed E-state index contributed by atoms with van der Waals surface area (Å²) in [5.41, 5.74) is -0.704. The molecule has 1 rings (SSSR count). The van der Waals surface area contributed by atoms with E-state index in [2.05, 4.69) is 16.1 Å². The van der Waals surface area contributed by atoms with Crippen molar-refractivity contribution in [3.63, 3.8) is 0 Å². The normalized spacial score (nSPS) is 19.0. The van der Waals surface area contributed by atoms with Crippen LogP contribution in [0.15, 0.2) is 0 Å². The van der Waals surface area contributed by atoms with Gasteiger partial charge >= 0.3 is 5.97 Å². The molecule has 0 aromatic rings. The van der Waals surface area contributed by atoms with Crippen molar-refractivity contribution in [1.29, 1.82) is 5.26 Å². The maximum atomic E-state index is 11.9. The quantitative estimate of drug-likeness (QED) is 0.776. The van der Waals surface area contributed by atoms with Crippen molar-refractivity contribution in [2.24, 2.45) is 0 Å². The lowest BCUT2D eigenvalue weighted by Crippen LogP contribution is -2.49. The standard InChI is InChI=1S/C13H20N2O3S/c1-10(12(17)18-2)19-8-11(16)15-13(9-14)6-4-3-5-7-13/h10H,3-8H2,1-2H3,(H,15,16). The van der Waals surface area contributed by atoms with Crippen LogP contribution in [0.4, 0.5) is 0 Å². The zero-order valence-electron chi connectivity index (χ0n) is 11.4. The second-order valence-electron chi connectivity index (χ2n) is 4.78. The Hall–Kier alpha value is -1.22. The number of methoxy groups -OCH3 is 1. The highest BCUT2D eigenvalue weighted by atomic mass is 32.2. The molecule has 0 bridgehead atoms. The van der Waals surface area contributed by atoms with Crippen molar-refractivity contribution < 1.29 is 14.3 Å². The number of thioether (sulfide) groups is 1. The third kappa shape index (κ3) is 4.75. The summed E-state index contributed by atoms with van der Waals surface area (Å²) in [5.74, 6) is -0.366. The van der Waals surface area contributed by atoms with Crippen molar-refractivity contribution in [1.82, 2.24) is 5.32 Å². The van der Waals surface area contributed by atoms with Crippen LogP contribution in [0, 0.1) is 11.3 Å². The zero-order valence-corrected chi connectivity index (χ0v) is 12.2. The monoisotopic (exact) mass is 284 g/mol. The average molecular weight is 284 g/mol. The number of amides is 1. The maximum absolute atomic E-state index is 11.9. The minimum Gasteiger partial charge on any atom is -0.468 e. The molecule has 0 heterocycles. The summed E-state index contributed by atoms with van der Waals surface area (Å²) in [6.45, 7) is 1.70. The average Bonchev–Trinajstić information content (AvgIpc) is 2.44. The molecule has 0 radical (unpaired) electrons. The fourth-order valence-corrected chi connectivity index (χ4v) is 2.86. The minimum absolute atomic E-state index is 0.166. The highest BCUT2D eigenvalue weighted by Gasteiger charge is 2.33. The van der Waals surface area contributed by atoms with Crippen LogP contribution >= 0.6 is 11.8 Å². The molecule has 1 aliphatic carbocycles. The summed E-state index contributed by atoms with van der Waals surface area (Å²) in [6.07, 6.45) is 4.49. The zero-order chi connectivity index (χ0) is 14.3. The number of carbonyl (C=O) groups excluding carboxylic acids is 2. The first-order valence-corrected chi connectivity index (χ1v) is 7.49. The number of nitriles is 1. The van der Waals surface area contributed by atoms with E-state index in [1.807, 2.05) is 0 Å². The predicted octanol–water partition coefficient (Wildman–Crippen LogP) is 1.62. The Bertz CT molecular complexity index is 373. The number of rotatable bonds is 5. The Balaban J connectivity index is 2.42. The second kappa shape index (κ2) is 7.39. The molecular weight excluding hydrogens is 264 g/mol. The van der Waals surface area contributed by atoms with E-state index < -0.39 is 5.54 Å². The van der Waals surface area contributed by atoms with Crippen LogP contribution in [0.1, 0.15) is 39.0 Å². The van der Waals surface area contributed by atoms with Gasteiger partial charge in [-0.1, -0.05) is 19.3 Å². The van der Waals surface area contributed by atoms with E-state index >= 15 is 0 Å². The van der Waals surface area contributed by atoms with E-state index in [-0.39, 0.29) is 22.9 Å². The van der Waals surface area contributed by atoms with Gasteiger partial charge in [0.2, 0.25) is 5.91 Å². The second-order valence-corrected chi connectivity index (χ2v) is 6.11. The van der Waals surface area contributed by atoms with Crippen LogP contribution in [0.25, 0.3) is 0 Å². The van der Waals surface area contributed by atoms with Crippen LogP contribution in [0.5, 0.6) is 0 Å². The van der Waals surface area contributed by atoms with Gasteiger partial charge in [0.05, 0.1) is 18.9 Å². The number of carbonyl (C=O) groups is 2. The topological polar surface area (TPSA) is 79.2 Å². The molecule has 0 aromatic heterocycles. The van der Waals surface area contributed by atoms with Gasteiger partial charge in [0.25, 0.3) is 0 Å². The molecule has 5 nitrogen and oxygen atoms in total. The van der Waals surface area contributed by atoms with E-state index in [4.69, 9.17) is 0 Å². The number of nitrogens with zero attached hydrogens (tertiary/aromatic N) is 1. The molecule has 19 heavy (non-hydrogen) atoms. The number of ether oxygens (including phenoxy) is 1. The predicted molar refractivity (Wildman–Crippen MR) is 73.5 cm³/mol. The molecule has 1 unspecified atom stereocenters. The van der Waals surface area contributed by atoms with Gasteiger partial charge in [-0.15, -0.1) is 11.8 Å². The van der Waals surface area contributed by atoms with E-state index in [1.165, 1.54) is 18.9 Å². The lowest BCUT2D eigenvalue weighted by molar-refractivity contribution is -0.139. The Labute approximate surface area is 118 Å². The molecule has 0 aliphatic heterocycles. The first-order chi connectivity index (χ1) is 9.03. The third-order valence-electron chi connectivity index (χ3n) is 3.30. The van der Waals surface area contributed by atoms with E-state index in [0.29, 0.717) is 12.8 Å². The van der Waals surface area contributed by atoms with Gasteiger partial charge in [-0.3, -0.25) is 9.59 Å². The van der Waals surface area contributed by atoms with Gasteiger partial charge in [-0.05, 0) is 19.8 Å². The summed E-state index contributed by atoms with van der Waals surface area (Å²) >= 11 is 1.22. The van der Waals surface area contributed by atoms with Crippen LogP contribution in [0.3, 0.4) is 0 Å². The van der Waals surface area contributed by atoms with Gasteiger partial charge in [0, 0.05) is 0 Å². The number of hydrogen-bond donors (Lipinski definition) is 1. The van der Waals surface area contributed by atoms with Crippen molar-refractivity contribution in [2.45, 2.75) is 49.8 Å². The van der Waals surface area contributed by atoms with E-state index in [1.54, 1.807) is 6.92 Å². The molecule has 1 saturated carbocycles. The smallest absolute Gasteiger partial charge is 0.318 e. The number of nitrogens with one attached hydrogen (secondary N) is 1. The van der Waals surface area contributed by atoms with Crippen molar-refractivity contribution in [2.75, 3.05) is 12.9 Å². The first-order valence-electron chi connectivity index (χ1n) is 6.45. The SMILES string of the molecule is COC(=O)C(C)SCC(=O)NC1(C#N)CCCCC1. The largest absolute Gasteiger partial charge is 0.468 e. The van der Waals surface area contributed by atoms with Crippen LogP contribution in [0.2, 0.25) is 0 Å². The Kier molecular flexibility index (Phi) is 6.16. The van der Waals surface area contributed by atoms with Crippen molar-refractivity contribution in [3.05, 3.63) is 0 Å². The van der Waals surface area contributed by atoms with E-state index in [9.17, 15) is 14.9 Å². The summed E-state index contributed by atoms with van der Waals surface area (Å²) in [5, 5.41) is 11.7. The van der Waals surface area contributed by atoms with Gasteiger partial charge in [-0.25, -0.2) is 0 Å². The van der Waals surface area contributed by atoms with Gasteiger partial charge in [0.15, 0.2) is 0 Å². The molecule has 1 N–H and O–H groups in total. The maximum Gasteiger partial charge on any atom is 0.318 e. The Morgan fingerprint density at radius 2 is 2.05 bits per heavy atom. The molecule has 6 heteroatoms. The Morgan fingerprint density at radius 3 is 2.58 bits per heavy atom. The van der Waals surface area contributed by atoms with Crippen LogP contribution in [-0.4, -0.2) is 35.5 Å². The number of hydrogen-bond acceptors (Lipinski definition) is 5. The van der Waals surface area contributed by atoms with Crippen LogP contribution < -0.4 is 5.32 Å². The first kappa shape index (κ1) is 15.8. The van der Waals surface area contributed by atoms with Gasteiger partial charge < -0.3 is 10.1 Å². The molecule has 1 atom stereocenters. The molecule has 1 aliphatic rings. The third-order valence-corrected chi connectivity index (χ3v) is 4.42. The van der Waals surface area contributed by atoms with Crippen molar-refractivity contribution in [3.8, 4) is 6.07 Å². The molecule has 106 valence electrons. The van der Waals surface area contributed by atoms with Gasteiger partial charge in [-0.2, -0.15) is 5.26 Å². The molecule has 0 aromatic carbocycles. The Morgan fingerprint density at radius 1 is 1.42 bits per heavy atom. The fraction of sp³-hybridized carbons (Fsp3) is 0.769. The minimum atomic E-state index is -0.704. The number of esters is 1. The highest BCUT2D eigenvalue weighted by molar-refractivity contribution is 8.01. The molecule has 1 fully saturated rings. The van der Waals surface area contributed by atoms with Crippen molar-refractivity contribution >= 4 is 23.6 Å². The summed E-state index contributed by atoms with van der Waals surface area (Å²) < 4.78 is 4.59. The summed E-state index contributed by atoms with van der Waals surface area (Å²) in [7, 11) is 1.33. The molecule has 0 spiro atoms. The summed E-state index contributed by atoms with van der Waals surface area (Å²) in [6, 6.07) is 2.24. The molecular formula is C13H20N2O3S. The lowest BCUT2D eigenvalue weighted by Gasteiger charge is -2.31. The fourth-order valence-electron chi connectivity index (χ4n) is 2.16. The van der Waals surface area contributed by atoms with E-state index in [0.717, 1.165) is 19.3 Å².